The number of hydrogen-bond donors (Lipinski definition) is 2. The van der Waals surface area contributed by atoms with E-state index in [1.165, 1.54) is 13.0 Å². The molecule has 1 unspecified atom stereocenters. The van der Waals surface area contributed by atoms with Gasteiger partial charge in [-0.25, -0.2) is 4.39 Å². The average Bonchev–Trinajstić information content (AvgIpc) is 2.62. The van der Waals surface area contributed by atoms with Gasteiger partial charge in [-0.05, 0) is 55.8 Å². The number of nitrogens with two attached hydrogens (primary N) is 1. The van der Waals surface area contributed by atoms with Crippen molar-refractivity contribution in [1.82, 2.24) is 0 Å². The Balaban J connectivity index is 1.96. The summed E-state index contributed by atoms with van der Waals surface area (Å²) in [7, 11) is 1.57. The minimum absolute atomic E-state index is 0.128. The van der Waals surface area contributed by atoms with Crippen molar-refractivity contribution in [2.24, 2.45) is 10.9 Å². The number of nitrogens with zero attached hydrogens (tertiary/aromatic N) is 1. The molecule has 1 atom stereocenters. The normalized spacial score (nSPS) is 12.4. The van der Waals surface area contributed by atoms with Crippen LogP contribution in [0, 0.1) is 12.7 Å². The molecule has 0 fully saturated rings. The van der Waals surface area contributed by atoms with E-state index in [4.69, 9.17) is 15.3 Å². The number of methoxy groups -OCH3 is 1. The third-order valence-electron chi connectivity index (χ3n) is 3.50. The first kappa shape index (κ1) is 18.3. The maximum absolute atomic E-state index is 13.5. The molecule has 0 aliphatic rings. The highest BCUT2D eigenvalue weighted by Gasteiger charge is 2.15. The SMILES string of the molecule is COc1ccc(C(N)=NOC(C)C(=O)Nc2ccc(C)c(F)c2)cc1. The van der Waals surface area contributed by atoms with Crippen LogP contribution in [-0.2, 0) is 9.63 Å². The van der Waals surface area contributed by atoms with Gasteiger partial charge >= 0.3 is 0 Å². The minimum Gasteiger partial charge on any atom is -0.497 e. The monoisotopic (exact) mass is 345 g/mol. The molecule has 0 saturated heterocycles. The largest absolute Gasteiger partial charge is 0.497 e. The average molecular weight is 345 g/mol. The molecular formula is C18H20FN3O3. The van der Waals surface area contributed by atoms with Crippen LogP contribution >= 0.6 is 0 Å². The molecule has 6 nitrogen and oxygen atoms in total. The van der Waals surface area contributed by atoms with E-state index in [1.807, 2.05) is 0 Å². The number of aryl methyl sites for hydroxylation is 1. The summed E-state index contributed by atoms with van der Waals surface area (Å²) in [5, 5.41) is 6.32. The summed E-state index contributed by atoms with van der Waals surface area (Å²) < 4.78 is 18.6. The van der Waals surface area contributed by atoms with Crippen molar-refractivity contribution in [3.63, 3.8) is 0 Å². The topological polar surface area (TPSA) is 85.9 Å². The van der Waals surface area contributed by atoms with Crippen LogP contribution in [0.1, 0.15) is 18.1 Å². The van der Waals surface area contributed by atoms with E-state index in [2.05, 4.69) is 10.5 Å². The highest BCUT2D eigenvalue weighted by molar-refractivity contribution is 5.97. The standard InChI is InChI=1S/C18H20FN3O3/c1-11-4-7-14(10-16(11)19)21-18(23)12(2)25-22-17(20)13-5-8-15(24-3)9-6-13/h4-10,12H,1-3H3,(H2,20,22)(H,21,23). The third-order valence-corrected chi connectivity index (χ3v) is 3.50. The zero-order chi connectivity index (χ0) is 18.4. The molecule has 3 N–H and O–H groups in total. The maximum atomic E-state index is 13.5. The van der Waals surface area contributed by atoms with Gasteiger partial charge in [0.25, 0.3) is 5.91 Å². The van der Waals surface area contributed by atoms with Gasteiger partial charge in [0.15, 0.2) is 5.84 Å². The van der Waals surface area contributed by atoms with E-state index >= 15 is 0 Å². The number of ether oxygens (including phenoxy) is 1. The first-order chi connectivity index (χ1) is 11.9. The molecule has 0 radical (unpaired) electrons. The molecule has 0 aliphatic heterocycles. The number of oxime groups is 1. The van der Waals surface area contributed by atoms with Gasteiger partial charge in [0.05, 0.1) is 7.11 Å². The summed E-state index contributed by atoms with van der Waals surface area (Å²) in [4.78, 5) is 17.2. The summed E-state index contributed by atoms with van der Waals surface area (Å²) in [6.07, 6.45) is -0.902. The molecule has 0 aromatic heterocycles. The molecule has 25 heavy (non-hydrogen) atoms. The summed E-state index contributed by atoms with van der Waals surface area (Å²) in [6.45, 7) is 3.16. The summed E-state index contributed by atoms with van der Waals surface area (Å²) in [5.74, 6) is -0.0399. The molecule has 0 saturated carbocycles. The highest BCUT2D eigenvalue weighted by Crippen LogP contribution is 2.14. The van der Waals surface area contributed by atoms with Crippen molar-refractivity contribution in [2.45, 2.75) is 20.0 Å². The molecule has 0 spiro atoms. The van der Waals surface area contributed by atoms with Crippen LogP contribution in [-0.4, -0.2) is 25.0 Å². The van der Waals surface area contributed by atoms with Crippen molar-refractivity contribution in [3.05, 3.63) is 59.4 Å². The van der Waals surface area contributed by atoms with E-state index < -0.39 is 17.8 Å². The number of carbonyl (C=O) groups is 1. The smallest absolute Gasteiger partial charge is 0.267 e. The molecule has 7 heteroatoms. The van der Waals surface area contributed by atoms with Crippen LogP contribution in [0.5, 0.6) is 5.75 Å². The summed E-state index contributed by atoms with van der Waals surface area (Å²) in [6, 6.07) is 11.4. The van der Waals surface area contributed by atoms with Crippen molar-refractivity contribution < 1.29 is 18.8 Å². The number of benzene rings is 2. The van der Waals surface area contributed by atoms with Crippen LogP contribution in [0.3, 0.4) is 0 Å². The zero-order valence-corrected chi connectivity index (χ0v) is 14.2. The number of rotatable bonds is 6. The molecule has 132 valence electrons. The molecule has 1 amide bonds. The predicted molar refractivity (Wildman–Crippen MR) is 94.0 cm³/mol. The van der Waals surface area contributed by atoms with E-state index in [9.17, 15) is 9.18 Å². The van der Waals surface area contributed by atoms with Gasteiger partial charge in [0.1, 0.15) is 11.6 Å². The van der Waals surface area contributed by atoms with Gasteiger partial charge in [-0.15, -0.1) is 0 Å². The molecule has 0 heterocycles. The molecule has 0 aliphatic carbocycles. The Labute approximate surface area is 145 Å². The second kappa shape index (κ2) is 8.14. The Bertz CT molecular complexity index is 776. The van der Waals surface area contributed by atoms with Crippen molar-refractivity contribution >= 4 is 17.4 Å². The molecule has 2 aromatic carbocycles. The maximum Gasteiger partial charge on any atom is 0.267 e. The van der Waals surface area contributed by atoms with Crippen LogP contribution in [0.4, 0.5) is 10.1 Å². The summed E-state index contributed by atoms with van der Waals surface area (Å²) in [5.41, 5.74) is 7.30. The Morgan fingerprint density at radius 1 is 1.24 bits per heavy atom. The van der Waals surface area contributed by atoms with Crippen molar-refractivity contribution in [1.29, 1.82) is 0 Å². The fraction of sp³-hybridized carbons (Fsp3) is 0.222. The predicted octanol–water partition coefficient (Wildman–Crippen LogP) is 2.81. The summed E-state index contributed by atoms with van der Waals surface area (Å²) >= 11 is 0. The molecule has 2 rings (SSSR count). The lowest BCUT2D eigenvalue weighted by Gasteiger charge is -2.12. The van der Waals surface area contributed by atoms with Crippen molar-refractivity contribution in [3.8, 4) is 5.75 Å². The number of hydrogen-bond acceptors (Lipinski definition) is 4. The highest BCUT2D eigenvalue weighted by atomic mass is 19.1. The van der Waals surface area contributed by atoms with Gasteiger partial charge in [-0.3, -0.25) is 4.79 Å². The Kier molecular flexibility index (Phi) is 5.94. The first-order valence-electron chi connectivity index (χ1n) is 7.61. The number of nitrogens with one attached hydrogen (secondary N) is 1. The Morgan fingerprint density at radius 2 is 1.92 bits per heavy atom. The Morgan fingerprint density at radius 3 is 2.52 bits per heavy atom. The van der Waals surface area contributed by atoms with Gasteiger partial charge in [-0.2, -0.15) is 0 Å². The molecular weight excluding hydrogens is 325 g/mol. The van der Waals surface area contributed by atoms with Crippen LogP contribution < -0.4 is 15.8 Å². The van der Waals surface area contributed by atoms with E-state index in [0.717, 1.165) is 0 Å². The fourth-order valence-electron chi connectivity index (χ4n) is 1.91. The van der Waals surface area contributed by atoms with E-state index in [-0.39, 0.29) is 5.84 Å². The Hall–Kier alpha value is -3.09. The third kappa shape index (κ3) is 4.94. The van der Waals surface area contributed by atoms with Crippen molar-refractivity contribution in [2.75, 3.05) is 12.4 Å². The van der Waals surface area contributed by atoms with Gasteiger partial charge in [0, 0.05) is 11.3 Å². The van der Waals surface area contributed by atoms with Gasteiger partial charge in [-0.1, -0.05) is 11.2 Å². The number of carbonyl (C=O) groups excluding carboxylic acids is 1. The quantitative estimate of drug-likeness (QED) is 0.479. The van der Waals surface area contributed by atoms with E-state index in [0.29, 0.717) is 22.6 Å². The number of amidine groups is 1. The lowest BCUT2D eigenvalue weighted by atomic mass is 10.2. The first-order valence-corrected chi connectivity index (χ1v) is 7.61. The van der Waals surface area contributed by atoms with Crippen LogP contribution in [0.25, 0.3) is 0 Å². The second-order valence-electron chi connectivity index (χ2n) is 5.41. The fourth-order valence-corrected chi connectivity index (χ4v) is 1.91. The lowest BCUT2D eigenvalue weighted by molar-refractivity contribution is -0.126. The van der Waals surface area contributed by atoms with E-state index in [1.54, 1.807) is 50.4 Å². The lowest BCUT2D eigenvalue weighted by Crippen LogP contribution is -2.27. The van der Waals surface area contributed by atoms with Gasteiger partial charge in [0.2, 0.25) is 6.10 Å². The number of halogens is 1. The minimum atomic E-state index is -0.902. The van der Waals surface area contributed by atoms with Gasteiger partial charge < -0.3 is 20.6 Å². The second-order valence-corrected chi connectivity index (χ2v) is 5.41. The number of anilines is 1. The van der Waals surface area contributed by atoms with Crippen LogP contribution in [0.2, 0.25) is 0 Å². The van der Waals surface area contributed by atoms with Crippen LogP contribution in [0.15, 0.2) is 47.6 Å². The number of amides is 1. The molecule has 0 bridgehead atoms. The zero-order valence-electron chi connectivity index (χ0n) is 14.2. The molecule has 2 aromatic rings.